The van der Waals surface area contributed by atoms with Crippen LogP contribution in [-0.2, 0) is 17.8 Å². The summed E-state index contributed by atoms with van der Waals surface area (Å²) >= 11 is 0. The van der Waals surface area contributed by atoms with Gasteiger partial charge in [0, 0.05) is 18.1 Å². The lowest BCUT2D eigenvalue weighted by atomic mass is 10.1. The molecule has 3 rings (SSSR count). The van der Waals surface area contributed by atoms with Crippen LogP contribution in [0.1, 0.15) is 25.1 Å². The second-order valence-electron chi connectivity index (χ2n) is 6.11. The van der Waals surface area contributed by atoms with Crippen molar-refractivity contribution < 1.29 is 4.79 Å². The summed E-state index contributed by atoms with van der Waals surface area (Å²) in [6.45, 7) is 4.50. The molecule has 6 heteroatoms. The van der Waals surface area contributed by atoms with E-state index in [1.165, 1.54) is 0 Å². The molecule has 26 heavy (non-hydrogen) atoms. The van der Waals surface area contributed by atoms with Gasteiger partial charge in [0.2, 0.25) is 5.91 Å². The average Bonchev–Trinajstić information content (AvgIpc) is 3.09. The number of pyridine rings is 1. The van der Waals surface area contributed by atoms with Crippen LogP contribution in [0.4, 0.5) is 11.4 Å². The minimum Gasteiger partial charge on any atom is -0.371 e. The van der Waals surface area contributed by atoms with E-state index in [-0.39, 0.29) is 11.9 Å². The second kappa shape index (κ2) is 8.29. The number of anilines is 2. The van der Waals surface area contributed by atoms with E-state index < -0.39 is 0 Å². The smallest absolute Gasteiger partial charge is 0.246 e. The van der Waals surface area contributed by atoms with Crippen molar-refractivity contribution in [3.8, 4) is 0 Å². The quantitative estimate of drug-likeness (QED) is 0.686. The van der Waals surface area contributed by atoms with Gasteiger partial charge in [0.25, 0.3) is 0 Å². The van der Waals surface area contributed by atoms with Crippen molar-refractivity contribution in [2.24, 2.45) is 0 Å². The largest absolute Gasteiger partial charge is 0.371 e. The highest BCUT2D eigenvalue weighted by Crippen LogP contribution is 2.16. The maximum absolute atomic E-state index is 12.5. The summed E-state index contributed by atoms with van der Waals surface area (Å²) in [5, 5.41) is 10.5. The van der Waals surface area contributed by atoms with Crippen LogP contribution < -0.4 is 10.6 Å². The molecule has 0 saturated carbocycles. The molecule has 0 saturated heterocycles. The van der Waals surface area contributed by atoms with E-state index in [1.807, 2.05) is 55.6 Å². The highest BCUT2D eigenvalue weighted by molar-refractivity contribution is 5.96. The molecule has 0 radical (unpaired) electrons. The molecular weight excluding hydrogens is 326 g/mol. The Labute approximate surface area is 153 Å². The second-order valence-corrected chi connectivity index (χ2v) is 6.11. The van der Waals surface area contributed by atoms with Crippen molar-refractivity contribution >= 4 is 17.3 Å². The molecule has 2 N–H and O–H groups in total. The molecule has 2 aromatic heterocycles. The van der Waals surface area contributed by atoms with Gasteiger partial charge in [-0.05, 0) is 37.1 Å². The molecule has 0 spiro atoms. The first-order valence-corrected chi connectivity index (χ1v) is 8.73. The number of benzene rings is 1. The number of nitrogens with zero attached hydrogens (tertiary/aromatic N) is 3. The molecule has 0 fully saturated rings. The van der Waals surface area contributed by atoms with Crippen LogP contribution in [0, 0.1) is 0 Å². The number of nitrogens with one attached hydrogen (secondary N) is 2. The molecule has 0 aliphatic carbocycles. The molecule has 1 atom stereocenters. The number of carbonyl (C=O) groups is 1. The topological polar surface area (TPSA) is 71.8 Å². The zero-order valence-corrected chi connectivity index (χ0v) is 15.0. The van der Waals surface area contributed by atoms with Crippen molar-refractivity contribution in [3.63, 3.8) is 0 Å². The van der Waals surface area contributed by atoms with Crippen molar-refractivity contribution in [1.29, 1.82) is 0 Å². The SMILES string of the molecule is CCc1ccccc1NC(=O)[C@H](C)Nc1cnn(Cc2ccccn2)c1. The zero-order valence-electron chi connectivity index (χ0n) is 15.0. The van der Waals surface area contributed by atoms with E-state index >= 15 is 0 Å². The fraction of sp³-hybridized carbons (Fsp3) is 0.250. The molecular formula is C20H23N5O. The molecule has 3 aromatic rings. The van der Waals surface area contributed by atoms with Gasteiger partial charge in [-0.2, -0.15) is 5.10 Å². The maximum Gasteiger partial charge on any atom is 0.246 e. The standard InChI is InChI=1S/C20H23N5O/c1-3-16-8-4-5-10-19(16)24-20(26)15(2)23-18-12-22-25(14-18)13-17-9-6-7-11-21-17/h4-12,14-15,23H,3,13H2,1-2H3,(H,24,26)/t15-/m0/s1. The predicted molar refractivity (Wildman–Crippen MR) is 103 cm³/mol. The van der Waals surface area contributed by atoms with Crippen molar-refractivity contribution in [1.82, 2.24) is 14.8 Å². The minimum atomic E-state index is -0.382. The molecule has 0 unspecified atom stereocenters. The third-order valence-corrected chi connectivity index (χ3v) is 4.12. The summed E-state index contributed by atoms with van der Waals surface area (Å²) in [5.74, 6) is -0.0802. The summed E-state index contributed by atoms with van der Waals surface area (Å²) in [5.41, 5.74) is 3.71. The van der Waals surface area contributed by atoms with Crippen LogP contribution in [0.5, 0.6) is 0 Å². The number of hydrogen-bond donors (Lipinski definition) is 2. The fourth-order valence-electron chi connectivity index (χ4n) is 2.69. The number of aromatic nitrogens is 3. The minimum absolute atomic E-state index is 0.0802. The fourth-order valence-corrected chi connectivity index (χ4v) is 2.69. The van der Waals surface area contributed by atoms with Gasteiger partial charge >= 0.3 is 0 Å². The van der Waals surface area contributed by atoms with E-state index in [1.54, 1.807) is 17.1 Å². The van der Waals surface area contributed by atoms with Crippen LogP contribution in [0.3, 0.4) is 0 Å². The zero-order chi connectivity index (χ0) is 18.4. The first kappa shape index (κ1) is 17.7. The van der Waals surface area contributed by atoms with Gasteiger partial charge in [-0.15, -0.1) is 0 Å². The van der Waals surface area contributed by atoms with Gasteiger partial charge in [-0.3, -0.25) is 14.5 Å². The summed E-state index contributed by atoms with van der Waals surface area (Å²) in [7, 11) is 0. The van der Waals surface area contributed by atoms with Gasteiger partial charge in [0.1, 0.15) is 6.04 Å². The molecule has 134 valence electrons. The Morgan fingerprint density at radius 3 is 2.77 bits per heavy atom. The van der Waals surface area contributed by atoms with Gasteiger partial charge in [-0.25, -0.2) is 0 Å². The van der Waals surface area contributed by atoms with E-state index in [0.717, 1.165) is 29.1 Å². The first-order chi connectivity index (χ1) is 12.7. The summed E-state index contributed by atoms with van der Waals surface area (Å²) in [6, 6.07) is 13.3. The Balaban J connectivity index is 1.59. The Kier molecular flexibility index (Phi) is 5.63. The number of hydrogen-bond acceptors (Lipinski definition) is 4. The number of carbonyl (C=O) groups excluding carboxylic acids is 1. The number of aryl methyl sites for hydroxylation is 1. The Bertz CT molecular complexity index is 859. The third-order valence-electron chi connectivity index (χ3n) is 4.12. The monoisotopic (exact) mass is 349 g/mol. The number of para-hydroxylation sites is 1. The van der Waals surface area contributed by atoms with Crippen molar-refractivity contribution in [2.45, 2.75) is 32.9 Å². The Hall–Kier alpha value is -3.15. The molecule has 1 amide bonds. The molecule has 1 aromatic carbocycles. The van der Waals surface area contributed by atoms with E-state index in [4.69, 9.17) is 0 Å². The van der Waals surface area contributed by atoms with Crippen molar-refractivity contribution in [3.05, 3.63) is 72.3 Å². The lowest BCUT2D eigenvalue weighted by molar-refractivity contribution is -0.116. The normalized spacial score (nSPS) is 11.8. The van der Waals surface area contributed by atoms with Gasteiger partial charge < -0.3 is 10.6 Å². The highest BCUT2D eigenvalue weighted by Gasteiger charge is 2.15. The third kappa shape index (κ3) is 4.47. The van der Waals surface area contributed by atoms with Crippen LogP contribution in [0.25, 0.3) is 0 Å². The molecule has 0 aliphatic heterocycles. The van der Waals surface area contributed by atoms with Gasteiger partial charge in [0.05, 0.1) is 24.1 Å². The maximum atomic E-state index is 12.5. The number of amides is 1. The highest BCUT2D eigenvalue weighted by atomic mass is 16.2. The predicted octanol–water partition coefficient (Wildman–Crippen LogP) is 3.33. The average molecular weight is 349 g/mol. The van der Waals surface area contributed by atoms with E-state index in [2.05, 4.69) is 27.6 Å². The van der Waals surface area contributed by atoms with Crippen LogP contribution in [0.2, 0.25) is 0 Å². The van der Waals surface area contributed by atoms with Crippen LogP contribution in [0.15, 0.2) is 61.1 Å². The molecule has 0 aliphatic rings. The van der Waals surface area contributed by atoms with E-state index in [0.29, 0.717) is 6.54 Å². The summed E-state index contributed by atoms with van der Waals surface area (Å²) in [6.07, 6.45) is 6.22. The van der Waals surface area contributed by atoms with Crippen LogP contribution >= 0.6 is 0 Å². The molecule has 0 bridgehead atoms. The number of rotatable bonds is 7. The van der Waals surface area contributed by atoms with Crippen LogP contribution in [-0.4, -0.2) is 26.7 Å². The molecule has 6 nitrogen and oxygen atoms in total. The van der Waals surface area contributed by atoms with Gasteiger partial charge in [0.15, 0.2) is 0 Å². The first-order valence-electron chi connectivity index (χ1n) is 8.73. The summed E-state index contributed by atoms with van der Waals surface area (Å²) < 4.78 is 1.79. The van der Waals surface area contributed by atoms with E-state index in [9.17, 15) is 4.79 Å². The lowest BCUT2D eigenvalue weighted by Gasteiger charge is -2.15. The summed E-state index contributed by atoms with van der Waals surface area (Å²) in [4.78, 5) is 16.8. The Morgan fingerprint density at radius 1 is 1.19 bits per heavy atom. The Morgan fingerprint density at radius 2 is 2.00 bits per heavy atom. The van der Waals surface area contributed by atoms with Crippen molar-refractivity contribution in [2.75, 3.05) is 10.6 Å². The van der Waals surface area contributed by atoms with Gasteiger partial charge in [-0.1, -0.05) is 31.2 Å². The molecule has 2 heterocycles. The lowest BCUT2D eigenvalue weighted by Crippen LogP contribution is -2.32.